The molecule has 1 N–H and O–H groups in total. The molecule has 1 atom stereocenters. The lowest BCUT2D eigenvalue weighted by Crippen LogP contribution is -2.29. The van der Waals surface area contributed by atoms with Crippen LogP contribution in [0.3, 0.4) is 0 Å². The number of hydrogen-bond donors (Lipinski definition) is 1. The topological polar surface area (TPSA) is 38.3 Å². The lowest BCUT2D eigenvalue weighted by Gasteiger charge is -2.14. The number of nitrogens with one attached hydrogen (secondary N) is 1. The Bertz CT molecular complexity index is 627. The number of carbonyl (C=O) groups is 1. The van der Waals surface area contributed by atoms with Crippen molar-refractivity contribution in [3.05, 3.63) is 56.2 Å². The molecule has 0 aliphatic heterocycles. The molecule has 118 valence electrons. The average molecular weight is 382 g/mol. The number of halogens is 1. The fourth-order valence-corrected chi connectivity index (χ4v) is 3.61. The minimum atomic E-state index is -0.0777. The highest BCUT2D eigenvalue weighted by atomic mass is 79.9. The van der Waals surface area contributed by atoms with E-state index in [1.807, 2.05) is 24.3 Å². The summed E-state index contributed by atoms with van der Waals surface area (Å²) in [5, 5.41) is 2.96. The van der Waals surface area contributed by atoms with Crippen LogP contribution in [0.2, 0.25) is 0 Å². The summed E-state index contributed by atoms with van der Waals surface area (Å²) in [6, 6.07) is 12.1. The van der Waals surface area contributed by atoms with Crippen molar-refractivity contribution >= 4 is 33.2 Å². The summed E-state index contributed by atoms with van der Waals surface area (Å²) in [4.78, 5) is 14.4. The van der Waals surface area contributed by atoms with Gasteiger partial charge in [0.05, 0.1) is 0 Å². The van der Waals surface area contributed by atoms with Gasteiger partial charge in [0, 0.05) is 34.3 Å². The van der Waals surface area contributed by atoms with Crippen molar-refractivity contribution in [1.82, 2.24) is 5.32 Å². The number of amides is 1. The minimum Gasteiger partial charge on any atom is -0.374 e. The summed E-state index contributed by atoms with van der Waals surface area (Å²) in [6.07, 6.45) is 1.12. The molecule has 1 aromatic heterocycles. The predicted molar refractivity (Wildman–Crippen MR) is 94.3 cm³/mol. The Morgan fingerprint density at radius 3 is 2.73 bits per heavy atom. The maximum absolute atomic E-state index is 12.0. The highest BCUT2D eigenvalue weighted by molar-refractivity contribution is 9.10. The second-order valence-electron chi connectivity index (χ2n) is 5.07. The fraction of sp³-hybridized carbons (Fsp3) is 0.353. The van der Waals surface area contributed by atoms with Gasteiger partial charge < -0.3 is 10.1 Å². The fourth-order valence-electron chi connectivity index (χ4n) is 2.17. The molecule has 0 aliphatic rings. The van der Waals surface area contributed by atoms with Crippen LogP contribution in [0.1, 0.15) is 27.8 Å². The molecule has 1 unspecified atom stereocenters. The van der Waals surface area contributed by atoms with Gasteiger partial charge in [-0.25, -0.2) is 0 Å². The Morgan fingerprint density at radius 2 is 2.09 bits per heavy atom. The largest absolute Gasteiger partial charge is 0.374 e. The Kier molecular flexibility index (Phi) is 6.61. The predicted octanol–water partition coefficient (Wildman–Crippen LogP) is 4.26. The number of hydrogen-bond acceptors (Lipinski definition) is 3. The molecule has 2 rings (SSSR count). The molecule has 0 fully saturated rings. The molecule has 2 aromatic rings. The van der Waals surface area contributed by atoms with E-state index in [2.05, 4.69) is 40.3 Å². The third-order valence-electron chi connectivity index (χ3n) is 3.43. The number of benzene rings is 1. The van der Waals surface area contributed by atoms with E-state index in [0.717, 1.165) is 21.3 Å². The van der Waals surface area contributed by atoms with Crippen LogP contribution in [0.4, 0.5) is 0 Å². The molecule has 1 amide bonds. The SMILES string of the molecule is COC(CNC(=O)CCc1ccccc1Br)c1ccc(C)s1. The van der Waals surface area contributed by atoms with Crippen molar-refractivity contribution in [2.24, 2.45) is 0 Å². The quantitative estimate of drug-likeness (QED) is 0.777. The van der Waals surface area contributed by atoms with Crippen LogP contribution in [0.25, 0.3) is 0 Å². The number of carbonyl (C=O) groups excluding carboxylic acids is 1. The van der Waals surface area contributed by atoms with Gasteiger partial charge in [0.25, 0.3) is 0 Å². The van der Waals surface area contributed by atoms with E-state index in [4.69, 9.17) is 4.74 Å². The van der Waals surface area contributed by atoms with Crippen molar-refractivity contribution in [2.45, 2.75) is 25.9 Å². The maximum Gasteiger partial charge on any atom is 0.220 e. The van der Waals surface area contributed by atoms with Gasteiger partial charge in [0.2, 0.25) is 5.91 Å². The van der Waals surface area contributed by atoms with Gasteiger partial charge in [-0.3, -0.25) is 4.79 Å². The number of rotatable bonds is 7. The van der Waals surface area contributed by atoms with E-state index >= 15 is 0 Å². The number of aryl methyl sites for hydroxylation is 2. The number of methoxy groups -OCH3 is 1. The van der Waals surface area contributed by atoms with Crippen LogP contribution in [-0.2, 0) is 16.0 Å². The van der Waals surface area contributed by atoms with Crippen LogP contribution in [0.15, 0.2) is 40.9 Å². The van der Waals surface area contributed by atoms with Gasteiger partial charge in [-0.1, -0.05) is 34.1 Å². The summed E-state index contributed by atoms with van der Waals surface area (Å²) >= 11 is 5.20. The summed E-state index contributed by atoms with van der Waals surface area (Å²) in [5.74, 6) is 0.0473. The zero-order valence-electron chi connectivity index (χ0n) is 12.8. The number of ether oxygens (including phenoxy) is 1. The Hall–Kier alpha value is -1.17. The van der Waals surface area contributed by atoms with Crippen LogP contribution >= 0.6 is 27.3 Å². The average Bonchev–Trinajstić information content (AvgIpc) is 2.93. The van der Waals surface area contributed by atoms with Crippen molar-refractivity contribution in [1.29, 1.82) is 0 Å². The maximum atomic E-state index is 12.0. The van der Waals surface area contributed by atoms with Gasteiger partial charge in [0.1, 0.15) is 6.10 Å². The molecule has 0 bridgehead atoms. The molecular weight excluding hydrogens is 362 g/mol. The van der Waals surface area contributed by atoms with Crippen molar-refractivity contribution in [3.8, 4) is 0 Å². The van der Waals surface area contributed by atoms with Gasteiger partial charge in [-0.05, 0) is 37.1 Å². The first-order valence-corrected chi connectivity index (χ1v) is 8.80. The van der Waals surface area contributed by atoms with E-state index in [9.17, 15) is 4.79 Å². The van der Waals surface area contributed by atoms with Crippen LogP contribution in [-0.4, -0.2) is 19.6 Å². The van der Waals surface area contributed by atoms with Gasteiger partial charge in [0.15, 0.2) is 0 Å². The second-order valence-corrected chi connectivity index (χ2v) is 7.24. The van der Waals surface area contributed by atoms with Crippen LogP contribution in [0, 0.1) is 6.92 Å². The third-order valence-corrected chi connectivity index (χ3v) is 5.29. The molecule has 3 nitrogen and oxygen atoms in total. The molecule has 0 saturated carbocycles. The zero-order valence-corrected chi connectivity index (χ0v) is 15.2. The molecule has 5 heteroatoms. The standard InChI is InChI=1S/C17H20BrNO2S/c1-12-7-9-16(22-12)15(21-2)11-19-17(20)10-8-13-5-3-4-6-14(13)18/h3-7,9,15H,8,10-11H2,1-2H3,(H,19,20). The molecular formula is C17H20BrNO2S. The highest BCUT2D eigenvalue weighted by Crippen LogP contribution is 2.24. The molecule has 0 saturated heterocycles. The Balaban J connectivity index is 1.81. The van der Waals surface area contributed by atoms with Gasteiger partial charge >= 0.3 is 0 Å². The van der Waals surface area contributed by atoms with Gasteiger partial charge in [-0.2, -0.15) is 0 Å². The monoisotopic (exact) mass is 381 g/mol. The summed E-state index contributed by atoms with van der Waals surface area (Å²) in [5.41, 5.74) is 1.15. The summed E-state index contributed by atoms with van der Waals surface area (Å²) in [7, 11) is 1.67. The normalized spacial score (nSPS) is 12.1. The highest BCUT2D eigenvalue weighted by Gasteiger charge is 2.14. The van der Waals surface area contributed by atoms with Crippen molar-refractivity contribution in [3.63, 3.8) is 0 Å². The summed E-state index contributed by atoms with van der Waals surface area (Å²) in [6.45, 7) is 2.57. The van der Waals surface area contributed by atoms with E-state index in [1.54, 1.807) is 18.4 Å². The molecule has 1 heterocycles. The summed E-state index contributed by atoms with van der Waals surface area (Å²) < 4.78 is 6.52. The minimum absolute atomic E-state index is 0.0473. The Labute approximate surface area is 143 Å². The van der Waals surface area contributed by atoms with Crippen molar-refractivity contribution in [2.75, 3.05) is 13.7 Å². The molecule has 1 aromatic carbocycles. The first-order valence-electron chi connectivity index (χ1n) is 7.19. The molecule has 0 spiro atoms. The lowest BCUT2D eigenvalue weighted by atomic mass is 10.1. The third kappa shape index (κ3) is 4.93. The van der Waals surface area contributed by atoms with Gasteiger partial charge in [-0.15, -0.1) is 11.3 Å². The van der Waals surface area contributed by atoms with Crippen LogP contribution in [0.5, 0.6) is 0 Å². The van der Waals surface area contributed by atoms with E-state index in [-0.39, 0.29) is 12.0 Å². The second kappa shape index (κ2) is 8.46. The smallest absolute Gasteiger partial charge is 0.220 e. The zero-order chi connectivity index (χ0) is 15.9. The molecule has 22 heavy (non-hydrogen) atoms. The van der Waals surface area contributed by atoms with Crippen molar-refractivity contribution < 1.29 is 9.53 Å². The first-order chi connectivity index (χ1) is 10.6. The van der Waals surface area contributed by atoms with E-state index in [0.29, 0.717) is 13.0 Å². The first kappa shape index (κ1) is 17.2. The van der Waals surface area contributed by atoms with E-state index in [1.165, 1.54) is 4.88 Å². The number of thiophene rings is 1. The van der Waals surface area contributed by atoms with E-state index < -0.39 is 0 Å². The molecule has 0 aliphatic carbocycles. The lowest BCUT2D eigenvalue weighted by molar-refractivity contribution is -0.121. The molecule has 0 radical (unpaired) electrons. The Morgan fingerprint density at radius 1 is 1.32 bits per heavy atom. The van der Waals surface area contributed by atoms with Crippen LogP contribution < -0.4 is 5.32 Å².